The summed E-state index contributed by atoms with van der Waals surface area (Å²) in [5, 5.41) is 0. The van der Waals surface area contributed by atoms with Crippen molar-refractivity contribution in [3.8, 4) is 0 Å². The number of nitrogens with two attached hydrogens (primary N) is 1. The Morgan fingerprint density at radius 1 is 1.30 bits per heavy atom. The lowest BCUT2D eigenvalue weighted by Crippen LogP contribution is -2.39. The van der Waals surface area contributed by atoms with Crippen LogP contribution in [0.5, 0.6) is 0 Å². The van der Waals surface area contributed by atoms with Crippen LogP contribution in [0, 0.1) is 0 Å². The molecule has 0 aliphatic carbocycles. The van der Waals surface area contributed by atoms with Gasteiger partial charge in [0.2, 0.25) is 0 Å². The second-order valence-corrected chi connectivity index (χ2v) is 5.09. The Labute approximate surface area is 116 Å². The topological polar surface area (TPSA) is 87.8 Å². The van der Waals surface area contributed by atoms with Crippen LogP contribution in [0.1, 0.15) is 32.6 Å². The highest BCUT2D eigenvalue weighted by molar-refractivity contribution is 5.71. The molecule has 0 atom stereocenters. The van der Waals surface area contributed by atoms with Crippen LogP contribution >= 0.6 is 0 Å². The largest absolute Gasteiger partial charge is 0.332 e. The molecule has 2 aromatic rings. The molecule has 2 heterocycles. The van der Waals surface area contributed by atoms with Crippen LogP contribution in [0.4, 0.5) is 0 Å². The summed E-state index contributed by atoms with van der Waals surface area (Å²) >= 11 is 0. The van der Waals surface area contributed by atoms with Crippen LogP contribution in [-0.4, -0.2) is 25.2 Å². The molecular weight excluding hydrogens is 258 g/mol. The normalized spacial score (nSPS) is 11.7. The SMILES string of the molecule is CCn1c(CCN)nc2c1c(=O)n(C)c(=O)n2C(C)C. The fraction of sp³-hybridized carbons (Fsp3) is 0.615. The molecule has 2 rings (SSSR count). The minimum Gasteiger partial charge on any atom is -0.330 e. The number of fused-ring (bicyclic) bond motifs is 1. The Balaban J connectivity index is 3.01. The molecule has 0 fully saturated rings. The van der Waals surface area contributed by atoms with Crippen molar-refractivity contribution in [2.45, 2.75) is 39.8 Å². The summed E-state index contributed by atoms with van der Waals surface area (Å²) in [4.78, 5) is 29.1. The van der Waals surface area contributed by atoms with Gasteiger partial charge in [-0.1, -0.05) is 0 Å². The van der Waals surface area contributed by atoms with E-state index in [0.717, 1.165) is 10.4 Å². The number of aromatic nitrogens is 4. The molecule has 2 aromatic heterocycles. The van der Waals surface area contributed by atoms with E-state index in [1.807, 2.05) is 25.3 Å². The van der Waals surface area contributed by atoms with Crippen molar-refractivity contribution < 1.29 is 0 Å². The second kappa shape index (κ2) is 5.24. The van der Waals surface area contributed by atoms with Gasteiger partial charge >= 0.3 is 5.69 Å². The van der Waals surface area contributed by atoms with E-state index in [2.05, 4.69) is 4.98 Å². The van der Waals surface area contributed by atoms with E-state index in [-0.39, 0.29) is 17.3 Å². The zero-order valence-electron chi connectivity index (χ0n) is 12.4. The molecule has 0 saturated carbocycles. The van der Waals surface area contributed by atoms with E-state index < -0.39 is 0 Å². The fourth-order valence-corrected chi connectivity index (χ4v) is 2.49. The van der Waals surface area contributed by atoms with Crippen molar-refractivity contribution in [1.29, 1.82) is 0 Å². The Hall–Kier alpha value is -1.89. The first-order valence-corrected chi connectivity index (χ1v) is 6.84. The van der Waals surface area contributed by atoms with Crippen molar-refractivity contribution in [3.05, 3.63) is 26.7 Å². The number of nitrogens with zero attached hydrogens (tertiary/aromatic N) is 4. The highest BCUT2D eigenvalue weighted by atomic mass is 16.2. The summed E-state index contributed by atoms with van der Waals surface area (Å²) in [5.74, 6) is 0.752. The highest BCUT2D eigenvalue weighted by Crippen LogP contribution is 2.15. The third kappa shape index (κ3) is 1.98. The van der Waals surface area contributed by atoms with Gasteiger partial charge in [0.15, 0.2) is 11.2 Å². The molecule has 0 aromatic carbocycles. The molecule has 2 N–H and O–H groups in total. The van der Waals surface area contributed by atoms with Crippen LogP contribution < -0.4 is 17.0 Å². The average Bonchev–Trinajstić information content (AvgIpc) is 2.74. The van der Waals surface area contributed by atoms with E-state index >= 15 is 0 Å². The summed E-state index contributed by atoms with van der Waals surface area (Å²) in [6.07, 6.45) is 0.581. The summed E-state index contributed by atoms with van der Waals surface area (Å²) in [6.45, 7) is 6.83. The maximum Gasteiger partial charge on any atom is 0.332 e. The summed E-state index contributed by atoms with van der Waals surface area (Å²) in [5.41, 5.74) is 5.89. The molecule has 7 nitrogen and oxygen atoms in total. The highest BCUT2D eigenvalue weighted by Gasteiger charge is 2.20. The molecule has 0 bridgehead atoms. The average molecular weight is 279 g/mol. The number of aryl methyl sites for hydroxylation is 1. The van der Waals surface area contributed by atoms with Gasteiger partial charge in [0, 0.05) is 26.1 Å². The van der Waals surface area contributed by atoms with Gasteiger partial charge < -0.3 is 10.3 Å². The lowest BCUT2D eigenvalue weighted by molar-refractivity contribution is 0.551. The molecule has 0 aliphatic heterocycles. The Morgan fingerprint density at radius 2 is 1.95 bits per heavy atom. The van der Waals surface area contributed by atoms with E-state index in [9.17, 15) is 9.59 Å². The van der Waals surface area contributed by atoms with Crippen LogP contribution in [0.25, 0.3) is 11.2 Å². The molecule has 0 spiro atoms. The molecule has 20 heavy (non-hydrogen) atoms. The van der Waals surface area contributed by atoms with Crippen molar-refractivity contribution in [3.63, 3.8) is 0 Å². The predicted octanol–water partition coefficient (Wildman–Crippen LogP) is -0.00130. The standard InChI is InChI=1S/C13H21N5O2/c1-5-17-9(6-7-14)15-11-10(17)12(19)16(4)13(20)18(11)8(2)3/h8H,5-7,14H2,1-4H3. The van der Waals surface area contributed by atoms with Gasteiger partial charge in [-0.3, -0.25) is 13.9 Å². The first kappa shape index (κ1) is 14.5. The number of imidazole rings is 1. The lowest BCUT2D eigenvalue weighted by Gasteiger charge is -2.12. The Kier molecular flexibility index (Phi) is 3.80. The minimum absolute atomic E-state index is 0.0669. The zero-order chi connectivity index (χ0) is 15.0. The van der Waals surface area contributed by atoms with Gasteiger partial charge in [0.1, 0.15) is 5.82 Å². The van der Waals surface area contributed by atoms with Crippen molar-refractivity contribution in [1.82, 2.24) is 18.7 Å². The zero-order valence-corrected chi connectivity index (χ0v) is 12.4. The molecule has 7 heteroatoms. The van der Waals surface area contributed by atoms with E-state index in [1.54, 1.807) is 4.57 Å². The minimum atomic E-state index is -0.336. The Morgan fingerprint density at radius 3 is 2.45 bits per heavy atom. The van der Waals surface area contributed by atoms with Gasteiger partial charge in [-0.15, -0.1) is 0 Å². The van der Waals surface area contributed by atoms with E-state index in [4.69, 9.17) is 5.73 Å². The number of hydrogen-bond donors (Lipinski definition) is 1. The third-order valence-corrected chi connectivity index (χ3v) is 3.46. The van der Waals surface area contributed by atoms with Crippen LogP contribution in [0.2, 0.25) is 0 Å². The molecule has 0 radical (unpaired) electrons. The van der Waals surface area contributed by atoms with Gasteiger partial charge in [-0.25, -0.2) is 9.78 Å². The van der Waals surface area contributed by atoms with Crippen LogP contribution in [0.3, 0.4) is 0 Å². The molecule has 0 unspecified atom stereocenters. The van der Waals surface area contributed by atoms with Crippen LogP contribution in [-0.2, 0) is 20.0 Å². The molecular formula is C13H21N5O2. The van der Waals surface area contributed by atoms with Gasteiger partial charge in [-0.05, 0) is 27.3 Å². The second-order valence-electron chi connectivity index (χ2n) is 5.09. The smallest absolute Gasteiger partial charge is 0.330 e. The van der Waals surface area contributed by atoms with Crippen molar-refractivity contribution in [2.24, 2.45) is 12.8 Å². The number of rotatable bonds is 4. The fourth-order valence-electron chi connectivity index (χ4n) is 2.49. The summed E-state index contributed by atoms with van der Waals surface area (Å²) in [6, 6.07) is -0.0669. The monoisotopic (exact) mass is 279 g/mol. The van der Waals surface area contributed by atoms with E-state index in [1.165, 1.54) is 7.05 Å². The Bertz CT molecular complexity index is 751. The van der Waals surface area contributed by atoms with Gasteiger partial charge in [0.25, 0.3) is 5.56 Å². The molecule has 110 valence electrons. The van der Waals surface area contributed by atoms with Gasteiger partial charge in [0.05, 0.1) is 0 Å². The van der Waals surface area contributed by atoms with Gasteiger partial charge in [-0.2, -0.15) is 0 Å². The van der Waals surface area contributed by atoms with E-state index in [0.29, 0.717) is 30.7 Å². The quantitative estimate of drug-likeness (QED) is 0.853. The lowest BCUT2D eigenvalue weighted by atomic mass is 10.3. The molecule has 0 aliphatic rings. The first-order chi connectivity index (χ1) is 9.43. The maximum absolute atomic E-state index is 12.4. The molecule has 0 saturated heterocycles. The van der Waals surface area contributed by atoms with Crippen molar-refractivity contribution >= 4 is 11.2 Å². The predicted molar refractivity (Wildman–Crippen MR) is 78.1 cm³/mol. The summed E-state index contributed by atoms with van der Waals surface area (Å²) < 4.78 is 4.55. The van der Waals surface area contributed by atoms with Crippen molar-refractivity contribution in [2.75, 3.05) is 6.54 Å². The molecule has 0 amide bonds. The maximum atomic E-state index is 12.4. The first-order valence-electron chi connectivity index (χ1n) is 6.84. The van der Waals surface area contributed by atoms with Crippen LogP contribution in [0.15, 0.2) is 9.59 Å². The summed E-state index contributed by atoms with van der Waals surface area (Å²) in [7, 11) is 1.50. The number of hydrogen-bond acceptors (Lipinski definition) is 4. The third-order valence-electron chi connectivity index (χ3n) is 3.46.